The first-order valence-corrected chi connectivity index (χ1v) is 12.1. The molecule has 8 heteroatoms. The molecule has 0 saturated heterocycles. The third-order valence-corrected chi connectivity index (χ3v) is 6.49. The number of rotatable bonds is 6. The number of Topliss-reactive ketones (excluding diaryl/α,β-unsaturated/α-hetero) is 1. The minimum Gasteiger partial charge on any atom is -0.353 e. The molecule has 1 aromatic carbocycles. The van der Waals surface area contributed by atoms with Crippen LogP contribution in [0.3, 0.4) is 0 Å². The van der Waals surface area contributed by atoms with Gasteiger partial charge in [0.2, 0.25) is 0 Å². The molecule has 2 aromatic rings. The fourth-order valence-electron chi connectivity index (χ4n) is 3.76. The Morgan fingerprint density at radius 2 is 1.82 bits per heavy atom. The SMILES string of the molecule is CC(C)(C)CN=C(NC(=O)c1ccc(F)c(F)c1)NC1CCC(CC(=O)c2cccs2)CC1. The van der Waals surface area contributed by atoms with Crippen molar-refractivity contribution in [1.82, 2.24) is 10.6 Å². The quantitative estimate of drug-likeness (QED) is 0.326. The van der Waals surface area contributed by atoms with Gasteiger partial charge >= 0.3 is 0 Å². The molecule has 33 heavy (non-hydrogen) atoms. The van der Waals surface area contributed by atoms with Gasteiger partial charge < -0.3 is 5.32 Å². The van der Waals surface area contributed by atoms with Gasteiger partial charge in [0.1, 0.15) is 0 Å². The van der Waals surface area contributed by atoms with Crippen LogP contribution in [0.15, 0.2) is 40.7 Å². The highest BCUT2D eigenvalue weighted by Crippen LogP contribution is 2.29. The lowest BCUT2D eigenvalue weighted by Crippen LogP contribution is -2.47. The van der Waals surface area contributed by atoms with Crippen LogP contribution in [0.5, 0.6) is 0 Å². The summed E-state index contributed by atoms with van der Waals surface area (Å²) in [5, 5.41) is 7.96. The van der Waals surface area contributed by atoms with Crippen molar-refractivity contribution in [2.75, 3.05) is 6.54 Å². The Bertz CT molecular complexity index is 992. The number of amides is 1. The summed E-state index contributed by atoms with van der Waals surface area (Å²) in [6, 6.07) is 6.93. The van der Waals surface area contributed by atoms with Crippen molar-refractivity contribution >= 4 is 29.0 Å². The van der Waals surface area contributed by atoms with Gasteiger partial charge in [-0.2, -0.15) is 0 Å². The van der Waals surface area contributed by atoms with Gasteiger partial charge in [0, 0.05) is 24.6 Å². The lowest BCUT2D eigenvalue weighted by molar-refractivity contribution is 0.0946. The summed E-state index contributed by atoms with van der Waals surface area (Å²) in [5.74, 6) is -1.74. The molecule has 0 atom stereocenters. The second-order valence-corrected chi connectivity index (χ2v) is 10.7. The smallest absolute Gasteiger partial charge is 0.258 e. The van der Waals surface area contributed by atoms with Gasteiger partial charge in [-0.15, -0.1) is 11.3 Å². The summed E-state index contributed by atoms with van der Waals surface area (Å²) in [6.45, 7) is 6.61. The number of carbonyl (C=O) groups excluding carboxylic acids is 2. The zero-order valence-corrected chi connectivity index (χ0v) is 20.1. The van der Waals surface area contributed by atoms with E-state index in [2.05, 4.69) is 15.6 Å². The summed E-state index contributed by atoms with van der Waals surface area (Å²) < 4.78 is 26.8. The van der Waals surface area contributed by atoms with Crippen molar-refractivity contribution in [1.29, 1.82) is 0 Å². The molecule has 1 aliphatic rings. The number of hydrogen-bond acceptors (Lipinski definition) is 4. The molecule has 1 fully saturated rings. The summed E-state index contributed by atoms with van der Waals surface area (Å²) in [7, 11) is 0. The average Bonchev–Trinajstić information content (AvgIpc) is 3.30. The molecule has 178 valence electrons. The maximum absolute atomic E-state index is 13.5. The normalized spacial score (nSPS) is 19.2. The number of aliphatic imine (C=N–C) groups is 1. The highest BCUT2D eigenvalue weighted by atomic mass is 32.1. The number of nitrogens with zero attached hydrogens (tertiary/aromatic N) is 1. The molecular weight excluding hydrogens is 444 g/mol. The van der Waals surface area contributed by atoms with Gasteiger partial charge in [-0.1, -0.05) is 26.8 Å². The van der Waals surface area contributed by atoms with Gasteiger partial charge in [0.05, 0.1) is 4.88 Å². The zero-order valence-electron chi connectivity index (χ0n) is 19.3. The van der Waals surface area contributed by atoms with E-state index in [0.717, 1.165) is 42.7 Å². The van der Waals surface area contributed by atoms with Crippen LogP contribution in [0.1, 0.15) is 72.9 Å². The van der Waals surface area contributed by atoms with Crippen LogP contribution in [0, 0.1) is 23.0 Å². The van der Waals surface area contributed by atoms with E-state index in [0.29, 0.717) is 24.8 Å². The standard InChI is InChI=1S/C25H31F2N3O2S/c1-25(2,3)15-28-24(30-23(32)17-8-11-19(26)20(27)14-17)29-18-9-6-16(7-10-18)13-21(31)22-5-4-12-33-22/h4-5,8,11-12,14,16,18H,6-7,9-10,13,15H2,1-3H3,(H2,28,29,30,32). The zero-order chi connectivity index (χ0) is 24.0. The first kappa shape index (κ1) is 25.0. The number of carbonyl (C=O) groups is 2. The third kappa shape index (κ3) is 7.74. The maximum Gasteiger partial charge on any atom is 0.258 e. The number of hydrogen-bond donors (Lipinski definition) is 2. The van der Waals surface area contributed by atoms with Crippen molar-refractivity contribution in [3.63, 3.8) is 0 Å². The Labute approximate surface area is 197 Å². The summed E-state index contributed by atoms with van der Waals surface area (Å²) in [5.41, 5.74) is -0.0608. The molecule has 0 radical (unpaired) electrons. The Balaban J connectivity index is 1.59. The van der Waals surface area contributed by atoms with Crippen LogP contribution in [0.4, 0.5) is 8.78 Å². The van der Waals surface area contributed by atoms with Crippen molar-refractivity contribution in [2.45, 2.75) is 58.9 Å². The molecular formula is C25H31F2N3O2S. The molecule has 1 amide bonds. The fraction of sp³-hybridized carbons (Fsp3) is 0.480. The Kier molecular flexibility index (Phi) is 8.35. The van der Waals surface area contributed by atoms with Crippen molar-refractivity contribution in [3.05, 3.63) is 57.8 Å². The highest BCUT2D eigenvalue weighted by molar-refractivity contribution is 7.12. The molecule has 0 aliphatic heterocycles. The largest absolute Gasteiger partial charge is 0.353 e. The molecule has 2 N–H and O–H groups in total. The van der Waals surface area contributed by atoms with Crippen LogP contribution in [-0.2, 0) is 0 Å². The predicted octanol–water partition coefficient (Wildman–Crippen LogP) is 5.58. The molecule has 1 aliphatic carbocycles. The van der Waals surface area contributed by atoms with E-state index in [1.165, 1.54) is 17.4 Å². The second-order valence-electron chi connectivity index (χ2n) is 9.78. The number of nitrogens with one attached hydrogen (secondary N) is 2. The number of thiophene rings is 1. The van der Waals surface area contributed by atoms with E-state index in [9.17, 15) is 18.4 Å². The lowest BCUT2D eigenvalue weighted by atomic mass is 9.83. The lowest BCUT2D eigenvalue weighted by Gasteiger charge is -2.30. The molecule has 3 rings (SSSR count). The number of ketones is 1. The van der Waals surface area contributed by atoms with Gasteiger partial charge in [0.15, 0.2) is 23.4 Å². The minimum absolute atomic E-state index is 0.0231. The van der Waals surface area contributed by atoms with Crippen molar-refractivity contribution in [2.24, 2.45) is 16.3 Å². The first-order valence-electron chi connectivity index (χ1n) is 11.2. The third-order valence-electron chi connectivity index (χ3n) is 5.58. The number of guanidine groups is 1. The average molecular weight is 476 g/mol. The van der Waals surface area contributed by atoms with E-state index in [1.807, 2.05) is 38.3 Å². The van der Waals surface area contributed by atoms with Gasteiger partial charge in [0.25, 0.3) is 5.91 Å². The van der Waals surface area contributed by atoms with E-state index in [1.54, 1.807) is 0 Å². The minimum atomic E-state index is -1.07. The Hall–Kier alpha value is -2.61. The summed E-state index contributed by atoms with van der Waals surface area (Å²) in [4.78, 5) is 30.4. The maximum atomic E-state index is 13.5. The van der Waals surface area contributed by atoms with E-state index in [4.69, 9.17) is 0 Å². The van der Waals surface area contributed by atoms with Gasteiger partial charge in [-0.05, 0) is 66.7 Å². The predicted molar refractivity (Wildman–Crippen MR) is 128 cm³/mol. The van der Waals surface area contributed by atoms with Gasteiger partial charge in [-0.25, -0.2) is 8.78 Å². The molecule has 1 heterocycles. The van der Waals surface area contributed by atoms with Crippen molar-refractivity contribution < 1.29 is 18.4 Å². The van der Waals surface area contributed by atoms with E-state index >= 15 is 0 Å². The van der Waals surface area contributed by atoms with Crippen LogP contribution in [-0.4, -0.2) is 30.2 Å². The molecule has 0 spiro atoms. The fourth-order valence-corrected chi connectivity index (χ4v) is 4.43. The Morgan fingerprint density at radius 1 is 1.09 bits per heavy atom. The molecule has 0 bridgehead atoms. The molecule has 1 saturated carbocycles. The van der Waals surface area contributed by atoms with Crippen LogP contribution >= 0.6 is 11.3 Å². The topological polar surface area (TPSA) is 70.6 Å². The van der Waals surface area contributed by atoms with E-state index in [-0.39, 0.29) is 22.8 Å². The number of halogens is 2. The molecule has 0 unspecified atom stereocenters. The molecule has 5 nitrogen and oxygen atoms in total. The summed E-state index contributed by atoms with van der Waals surface area (Å²) >= 11 is 1.48. The monoisotopic (exact) mass is 475 g/mol. The van der Waals surface area contributed by atoms with Crippen LogP contribution < -0.4 is 10.6 Å². The van der Waals surface area contributed by atoms with Crippen LogP contribution in [0.25, 0.3) is 0 Å². The Morgan fingerprint density at radius 3 is 2.42 bits per heavy atom. The highest BCUT2D eigenvalue weighted by Gasteiger charge is 2.25. The molecule has 1 aromatic heterocycles. The first-order chi connectivity index (χ1) is 15.6. The van der Waals surface area contributed by atoms with Crippen molar-refractivity contribution in [3.8, 4) is 0 Å². The summed E-state index contributed by atoms with van der Waals surface area (Å²) in [6.07, 6.45) is 4.11. The van der Waals surface area contributed by atoms with E-state index < -0.39 is 17.5 Å². The van der Waals surface area contributed by atoms with Crippen LogP contribution in [0.2, 0.25) is 0 Å². The van der Waals surface area contributed by atoms with Gasteiger partial charge in [-0.3, -0.25) is 19.9 Å². The second kappa shape index (κ2) is 11.0. The number of benzene rings is 1.